The van der Waals surface area contributed by atoms with Gasteiger partial charge >= 0.3 is 5.97 Å². The van der Waals surface area contributed by atoms with E-state index in [-0.39, 0.29) is 24.2 Å². The molecule has 1 aromatic carbocycles. The van der Waals surface area contributed by atoms with Crippen molar-refractivity contribution < 1.29 is 19.5 Å². The number of likely N-dealkylation sites (tertiary alicyclic amines) is 1. The summed E-state index contributed by atoms with van der Waals surface area (Å²) in [5.74, 6) is -1.97. The molecular weight excluding hydrogens is 497 g/mol. The number of piperidine rings is 1. The Morgan fingerprint density at radius 2 is 1.94 bits per heavy atom. The molecule has 2 N–H and O–H groups in total. The number of carboxylic acids is 1. The fourth-order valence-corrected chi connectivity index (χ4v) is 4.85. The quantitative estimate of drug-likeness (QED) is 0.399. The zero-order valence-electron chi connectivity index (χ0n) is 18.5. The number of pyridine rings is 1. The van der Waals surface area contributed by atoms with Crippen LogP contribution in [0, 0.1) is 5.92 Å². The first-order valence-corrected chi connectivity index (χ1v) is 12.7. The summed E-state index contributed by atoms with van der Waals surface area (Å²) in [4.78, 5) is 43.5. The molecule has 2 aromatic rings. The summed E-state index contributed by atoms with van der Waals surface area (Å²) in [6, 6.07) is 7.84. The molecule has 2 amide bonds. The normalized spacial score (nSPS) is 15.3. The number of benzene rings is 1. The third-order valence-electron chi connectivity index (χ3n) is 5.63. The van der Waals surface area contributed by atoms with E-state index in [2.05, 4.69) is 10.3 Å². The number of hydrogen-bond acceptors (Lipinski definition) is 5. The van der Waals surface area contributed by atoms with Gasteiger partial charge in [-0.25, -0.2) is 4.79 Å². The number of nitrogens with one attached hydrogen (secondary N) is 1. The van der Waals surface area contributed by atoms with Gasteiger partial charge in [0.05, 0.1) is 10.0 Å². The number of thioether (sulfide) groups is 1. The Morgan fingerprint density at radius 3 is 2.56 bits per heavy atom. The Bertz CT molecular complexity index is 1070. The number of carbonyl (C=O) groups excluding carboxylic acids is 2. The fourth-order valence-electron chi connectivity index (χ4n) is 3.68. The van der Waals surface area contributed by atoms with Gasteiger partial charge in [-0.05, 0) is 48.9 Å². The van der Waals surface area contributed by atoms with Crippen molar-refractivity contribution in [2.75, 3.05) is 19.3 Å². The Hall–Kier alpha value is -2.55. The van der Waals surface area contributed by atoms with Crippen LogP contribution in [0.3, 0.4) is 0 Å². The Morgan fingerprint density at radius 1 is 1.21 bits per heavy atom. The zero-order valence-corrected chi connectivity index (χ0v) is 20.9. The van der Waals surface area contributed by atoms with Gasteiger partial charge < -0.3 is 15.3 Å². The molecule has 34 heavy (non-hydrogen) atoms. The molecule has 2 heterocycles. The molecule has 1 fully saturated rings. The summed E-state index contributed by atoms with van der Waals surface area (Å²) in [5, 5.41) is 13.0. The van der Waals surface area contributed by atoms with E-state index in [4.69, 9.17) is 23.2 Å². The predicted octanol–water partition coefficient (Wildman–Crippen LogP) is 4.17. The molecule has 180 valence electrons. The molecule has 1 aliphatic heterocycles. The molecule has 0 bridgehead atoms. The first-order valence-electron chi connectivity index (χ1n) is 10.7. The van der Waals surface area contributed by atoms with Crippen LogP contribution >= 0.6 is 35.0 Å². The number of carbonyl (C=O) groups is 3. The molecule has 0 saturated carbocycles. The second-order valence-electron chi connectivity index (χ2n) is 7.84. The van der Waals surface area contributed by atoms with Crippen LogP contribution in [0.25, 0.3) is 6.08 Å². The Kier molecular flexibility index (Phi) is 9.38. The van der Waals surface area contributed by atoms with E-state index in [0.29, 0.717) is 47.2 Å². The van der Waals surface area contributed by atoms with Crippen molar-refractivity contribution in [3.05, 3.63) is 63.9 Å². The van der Waals surface area contributed by atoms with Crippen molar-refractivity contribution in [2.45, 2.75) is 30.2 Å². The third-order valence-corrected chi connectivity index (χ3v) is 7.42. The molecule has 1 aromatic heterocycles. The van der Waals surface area contributed by atoms with Gasteiger partial charge in [-0.15, -0.1) is 11.8 Å². The second kappa shape index (κ2) is 12.2. The number of aliphatic carboxylic acids is 1. The van der Waals surface area contributed by atoms with Crippen molar-refractivity contribution in [3.63, 3.8) is 0 Å². The predicted molar refractivity (Wildman–Crippen MR) is 134 cm³/mol. The van der Waals surface area contributed by atoms with E-state index in [1.54, 1.807) is 35.4 Å². The smallest absolute Gasteiger partial charge is 0.326 e. The van der Waals surface area contributed by atoms with Crippen molar-refractivity contribution in [2.24, 2.45) is 5.92 Å². The number of aromatic nitrogens is 1. The maximum Gasteiger partial charge on any atom is 0.326 e. The minimum absolute atomic E-state index is 0.106. The summed E-state index contributed by atoms with van der Waals surface area (Å²) >= 11 is 14.0. The second-order valence-corrected chi connectivity index (χ2v) is 9.45. The highest BCUT2D eigenvalue weighted by Gasteiger charge is 2.30. The van der Waals surface area contributed by atoms with Crippen LogP contribution in [0.1, 0.15) is 24.1 Å². The molecule has 10 heteroatoms. The molecule has 7 nitrogen and oxygen atoms in total. The van der Waals surface area contributed by atoms with Crippen LogP contribution in [-0.2, 0) is 20.8 Å². The summed E-state index contributed by atoms with van der Waals surface area (Å²) in [6.45, 7) is 0.804. The van der Waals surface area contributed by atoms with Gasteiger partial charge in [0.25, 0.3) is 0 Å². The van der Waals surface area contributed by atoms with Gasteiger partial charge in [0.15, 0.2) is 0 Å². The van der Waals surface area contributed by atoms with Crippen LogP contribution in [0.5, 0.6) is 0 Å². The van der Waals surface area contributed by atoms with Crippen molar-refractivity contribution in [1.82, 2.24) is 15.2 Å². The van der Waals surface area contributed by atoms with Crippen LogP contribution in [0.2, 0.25) is 10.0 Å². The number of amides is 2. The van der Waals surface area contributed by atoms with E-state index in [0.717, 1.165) is 4.90 Å². The standard InChI is InChI=1S/C24H25Cl2N3O4S/c1-34-19-7-5-15(21(25)22(19)26)6-8-20(30)29-12-9-16(10-13-29)23(31)28-18(24(32)33)14-17-4-2-3-11-27-17/h2-8,11,16,18H,9-10,12-14H2,1H3,(H,28,31)(H,32,33)/b8-6+. The number of nitrogens with zero attached hydrogens (tertiary/aromatic N) is 2. The molecule has 0 aliphatic carbocycles. The number of rotatable bonds is 8. The van der Waals surface area contributed by atoms with E-state index >= 15 is 0 Å². The highest BCUT2D eigenvalue weighted by Crippen LogP contribution is 2.35. The van der Waals surface area contributed by atoms with E-state index in [1.165, 1.54) is 17.8 Å². The lowest BCUT2D eigenvalue weighted by molar-refractivity contribution is -0.142. The van der Waals surface area contributed by atoms with Crippen molar-refractivity contribution in [1.29, 1.82) is 0 Å². The third kappa shape index (κ3) is 6.74. The molecule has 3 rings (SSSR count). The SMILES string of the molecule is CSc1ccc(/C=C/C(=O)N2CCC(C(=O)NC(Cc3ccccn3)C(=O)O)CC2)c(Cl)c1Cl. The average Bonchev–Trinajstić information content (AvgIpc) is 2.85. The monoisotopic (exact) mass is 521 g/mol. The van der Waals surface area contributed by atoms with Gasteiger partial charge in [0, 0.05) is 48.3 Å². The van der Waals surface area contributed by atoms with Crippen molar-refractivity contribution in [3.8, 4) is 0 Å². The van der Waals surface area contributed by atoms with Gasteiger partial charge in [0.1, 0.15) is 6.04 Å². The lowest BCUT2D eigenvalue weighted by Crippen LogP contribution is -2.48. The Balaban J connectivity index is 1.53. The molecule has 0 radical (unpaired) electrons. The Labute approximate surface area is 212 Å². The molecule has 1 saturated heterocycles. The minimum atomic E-state index is -1.11. The fraction of sp³-hybridized carbons (Fsp3) is 0.333. The van der Waals surface area contributed by atoms with Crippen molar-refractivity contribution >= 4 is 58.8 Å². The molecule has 1 atom stereocenters. The maximum absolute atomic E-state index is 12.7. The van der Waals surface area contributed by atoms with Crippen LogP contribution in [-0.4, -0.2) is 58.2 Å². The topological polar surface area (TPSA) is 99.6 Å². The largest absolute Gasteiger partial charge is 0.480 e. The van der Waals surface area contributed by atoms with E-state index in [9.17, 15) is 19.5 Å². The summed E-state index contributed by atoms with van der Waals surface area (Å²) in [6.07, 6.45) is 7.58. The van der Waals surface area contributed by atoms with Crippen LogP contribution in [0.15, 0.2) is 47.5 Å². The summed E-state index contributed by atoms with van der Waals surface area (Å²) in [5.41, 5.74) is 1.24. The molecular formula is C24H25Cl2N3O4S. The average molecular weight is 522 g/mol. The summed E-state index contributed by atoms with van der Waals surface area (Å²) < 4.78 is 0. The highest BCUT2D eigenvalue weighted by molar-refractivity contribution is 7.98. The van der Waals surface area contributed by atoms with Crippen LogP contribution in [0.4, 0.5) is 0 Å². The van der Waals surface area contributed by atoms with Gasteiger partial charge in [-0.3, -0.25) is 14.6 Å². The first kappa shape index (κ1) is 26.1. The van der Waals surface area contributed by atoms with Gasteiger partial charge in [-0.2, -0.15) is 0 Å². The lowest BCUT2D eigenvalue weighted by atomic mass is 9.95. The van der Waals surface area contributed by atoms with E-state index in [1.807, 2.05) is 18.4 Å². The lowest BCUT2D eigenvalue weighted by Gasteiger charge is -2.31. The minimum Gasteiger partial charge on any atom is -0.480 e. The molecule has 0 spiro atoms. The highest BCUT2D eigenvalue weighted by atomic mass is 35.5. The van der Waals surface area contributed by atoms with Crippen LogP contribution < -0.4 is 5.32 Å². The first-order chi connectivity index (χ1) is 16.3. The number of halogens is 2. The van der Waals surface area contributed by atoms with E-state index < -0.39 is 12.0 Å². The summed E-state index contributed by atoms with van der Waals surface area (Å²) in [7, 11) is 0. The van der Waals surface area contributed by atoms with Gasteiger partial charge in [-0.1, -0.05) is 35.3 Å². The molecule has 1 aliphatic rings. The molecule has 1 unspecified atom stereocenters. The zero-order chi connectivity index (χ0) is 24.7. The number of carboxylic acid groups (broad SMARTS) is 1. The maximum atomic E-state index is 12.7. The van der Waals surface area contributed by atoms with Gasteiger partial charge in [0.2, 0.25) is 11.8 Å². The number of hydrogen-bond donors (Lipinski definition) is 2.